The molecule has 0 aromatic heterocycles. The molecule has 4 heteroatoms. The number of halogens is 3. The lowest BCUT2D eigenvalue weighted by atomic mass is 9.82. The summed E-state index contributed by atoms with van der Waals surface area (Å²) in [4.78, 5) is 0. The summed E-state index contributed by atoms with van der Waals surface area (Å²) >= 11 is 9.34. The lowest BCUT2D eigenvalue weighted by Crippen LogP contribution is -2.30. The van der Waals surface area contributed by atoms with Crippen molar-refractivity contribution in [3.63, 3.8) is 0 Å². The molecule has 0 atom stereocenters. The minimum atomic E-state index is -0.472. The van der Waals surface area contributed by atoms with E-state index in [0.29, 0.717) is 6.61 Å². The second kappa shape index (κ2) is 8.11. The quantitative estimate of drug-likeness (QED) is 0.535. The largest absolute Gasteiger partial charge is 0.490 e. The zero-order valence-corrected chi connectivity index (χ0v) is 13.9. The van der Waals surface area contributed by atoms with Gasteiger partial charge in [-0.15, -0.1) is 0 Å². The van der Waals surface area contributed by atoms with Gasteiger partial charge in [-0.25, -0.2) is 4.39 Å². The van der Waals surface area contributed by atoms with Gasteiger partial charge in [0.15, 0.2) is 11.6 Å². The highest BCUT2D eigenvalue weighted by molar-refractivity contribution is 9.09. The van der Waals surface area contributed by atoms with E-state index in [1.807, 2.05) is 0 Å². The summed E-state index contributed by atoms with van der Waals surface area (Å²) in [5, 5.41) is 0.970. The van der Waals surface area contributed by atoms with Crippen LogP contribution in [-0.4, -0.2) is 11.9 Å². The minimum absolute atomic E-state index is 0.0677. The van der Waals surface area contributed by atoms with Gasteiger partial charge in [0.2, 0.25) is 0 Å². The van der Waals surface area contributed by atoms with E-state index < -0.39 is 5.82 Å². The van der Waals surface area contributed by atoms with E-state index in [1.165, 1.54) is 6.07 Å². The molecular formula is C15H21BrClFO. The molecule has 0 unspecified atom stereocenters. The molecule has 0 saturated carbocycles. The van der Waals surface area contributed by atoms with Gasteiger partial charge in [0, 0.05) is 10.7 Å². The standard InChI is InChI=1S/C15H21BrClFO/c1-3-8-15(10-16,9-4-2)11-19-13-7-5-6-12(17)14(13)18/h5-7H,3-4,8-11H2,1-2H3. The Bertz CT molecular complexity index is 392. The molecule has 1 rings (SSSR count). The van der Waals surface area contributed by atoms with Crippen LogP contribution in [0.15, 0.2) is 18.2 Å². The van der Waals surface area contributed by atoms with E-state index >= 15 is 0 Å². The molecule has 0 aliphatic heterocycles. The van der Waals surface area contributed by atoms with Crippen molar-refractivity contribution in [2.24, 2.45) is 5.41 Å². The zero-order valence-electron chi connectivity index (χ0n) is 11.5. The number of hydrogen-bond acceptors (Lipinski definition) is 1. The van der Waals surface area contributed by atoms with Gasteiger partial charge >= 0.3 is 0 Å². The summed E-state index contributed by atoms with van der Waals surface area (Å²) in [6.45, 7) is 4.83. The Morgan fingerprint density at radius 2 is 1.89 bits per heavy atom. The molecule has 0 fully saturated rings. The lowest BCUT2D eigenvalue weighted by Gasteiger charge is -2.31. The van der Waals surface area contributed by atoms with Gasteiger partial charge in [-0.2, -0.15) is 0 Å². The molecule has 0 amide bonds. The van der Waals surface area contributed by atoms with Crippen molar-refractivity contribution in [2.45, 2.75) is 39.5 Å². The van der Waals surface area contributed by atoms with Crippen LogP contribution in [0, 0.1) is 11.2 Å². The fourth-order valence-electron chi connectivity index (χ4n) is 2.33. The number of rotatable bonds is 8. The van der Waals surface area contributed by atoms with Crippen LogP contribution >= 0.6 is 27.5 Å². The maximum atomic E-state index is 13.8. The fourth-order valence-corrected chi connectivity index (χ4v) is 3.22. The first-order valence-electron chi connectivity index (χ1n) is 6.71. The molecule has 0 spiro atoms. The van der Waals surface area contributed by atoms with Gasteiger partial charge in [0.1, 0.15) is 0 Å². The molecule has 108 valence electrons. The monoisotopic (exact) mass is 350 g/mol. The summed E-state index contributed by atoms with van der Waals surface area (Å²) in [5.74, 6) is -0.231. The highest BCUT2D eigenvalue weighted by atomic mass is 79.9. The van der Waals surface area contributed by atoms with Crippen molar-refractivity contribution < 1.29 is 9.13 Å². The van der Waals surface area contributed by atoms with Gasteiger partial charge in [-0.3, -0.25) is 0 Å². The zero-order chi connectivity index (χ0) is 14.3. The lowest BCUT2D eigenvalue weighted by molar-refractivity contribution is 0.140. The highest BCUT2D eigenvalue weighted by Gasteiger charge is 2.28. The molecule has 1 aromatic carbocycles. The third-order valence-corrected chi connectivity index (χ3v) is 4.78. The molecule has 0 saturated heterocycles. The molecule has 1 aromatic rings. The Morgan fingerprint density at radius 1 is 1.26 bits per heavy atom. The van der Waals surface area contributed by atoms with Crippen LogP contribution in [0.25, 0.3) is 0 Å². The Labute approximate surface area is 128 Å². The molecule has 19 heavy (non-hydrogen) atoms. The summed E-state index contributed by atoms with van der Waals surface area (Å²) in [7, 11) is 0. The van der Waals surface area contributed by atoms with Crippen LogP contribution in [0.3, 0.4) is 0 Å². The van der Waals surface area contributed by atoms with Gasteiger partial charge in [0.25, 0.3) is 0 Å². The molecule has 0 aliphatic rings. The summed E-state index contributed by atoms with van der Waals surface area (Å²) in [6.07, 6.45) is 4.31. The summed E-state index contributed by atoms with van der Waals surface area (Å²) in [5.41, 5.74) is 0.0677. The number of hydrogen-bond donors (Lipinski definition) is 0. The first-order chi connectivity index (χ1) is 9.08. The highest BCUT2D eigenvalue weighted by Crippen LogP contribution is 2.34. The predicted octanol–water partition coefficient (Wildman–Crippen LogP) is 5.84. The maximum absolute atomic E-state index is 13.8. The van der Waals surface area contributed by atoms with E-state index in [-0.39, 0.29) is 16.2 Å². The second-order valence-electron chi connectivity index (χ2n) is 4.97. The number of alkyl halides is 1. The third-order valence-electron chi connectivity index (χ3n) is 3.29. The molecule has 0 bridgehead atoms. The number of ether oxygens (including phenoxy) is 1. The first-order valence-corrected chi connectivity index (χ1v) is 8.21. The molecule has 1 nitrogen and oxygen atoms in total. The van der Waals surface area contributed by atoms with Gasteiger partial charge in [-0.05, 0) is 25.0 Å². The van der Waals surface area contributed by atoms with Crippen LogP contribution in [0.4, 0.5) is 4.39 Å². The maximum Gasteiger partial charge on any atom is 0.183 e. The van der Waals surface area contributed by atoms with Crippen molar-refractivity contribution in [1.82, 2.24) is 0 Å². The van der Waals surface area contributed by atoms with Gasteiger partial charge in [-0.1, -0.05) is 60.3 Å². The third kappa shape index (κ3) is 4.64. The minimum Gasteiger partial charge on any atom is -0.490 e. The molecule has 0 heterocycles. The van der Waals surface area contributed by atoms with Crippen LogP contribution in [0.1, 0.15) is 39.5 Å². The summed E-state index contributed by atoms with van der Waals surface area (Å²) < 4.78 is 19.5. The van der Waals surface area contributed by atoms with Crippen molar-refractivity contribution in [3.05, 3.63) is 29.0 Å². The van der Waals surface area contributed by atoms with E-state index in [0.717, 1.165) is 31.0 Å². The predicted molar refractivity (Wildman–Crippen MR) is 82.9 cm³/mol. The Balaban J connectivity index is 2.77. The van der Waals surface area contributed by atoms with Gasteiger partial charge in [0.05, 0.1) is 11.6 Å². The second-order valence-corrected chi connectivity index (χ2v) is 5.94. The fraction of sp³-hybridized carbons (Fsp3) is 0.600. The van der Waals surface area contributed by atoms with Crippen LogP contribution in [0.5, 0.6) is 5.75 Å². The average molecular weight is 352 g/mol. The van der Waals surface area contributed by atoms with Crippen molar-refractivity contribution >= 4 is 27.5 Å². The van der Waals surface area contributed by atoms with Crippen molar-refractivity contribution in [1.29, 1.82) is 0 Å². The normalized spacial score (nSPS) is 11.6. The van der Waals surface area contributed by atoms with Crippen molar-refractivity contribution in [2.75, 3.05) is 11.9 Å². The van der Waals surface area contributed by atoms with E-state index in [2.05, 4.69) is 29.8 Å². The average Bonchev–Trinajstić information content (AvgIpc) is 2.40. The molecule has 0 aliphatic carbocycles. The Morgan fingerprint density at radius 3 is 2.42 bits per heavy atom. The SMILES string of the molecule is CCCC(CBr)(CCC)COc1cccc(Cl)c1F. The van der Waals surface area contributed by atoms with Gasteiger partial charge < -0.3 is 4.74 Å². The Kier molecular flexibility index (Phi) is 7.16. The topological polar surface area (TPSA) is 9.23 Å². The summed E-state index contributed by atoms with van der Waals surface area (Å²) in [6, 6.07) is 4.86. The van der Waals surface area contributed by atoms with Crippen LogP contribution in [0.2, 0.25) is 5.02 Å². The smallest absolute Gasteiger partial charge is 0.183 e. The molecule has 0 N–H and O–H groups in total. The first kappa shape index (κ1) is 16.8. The number of benzene rings is 1. The van der Waals surface area contributed by atoms with E-state index in [4.69, 9.17) is 16.3 Å². The molecular weight excluding hydrogens is 331 g/mol. The molecule has 0 radical (unpaired) electrons. The van der Waals surface area contributed by atoms with Crippen LogP contribution < -0.4 is 4.74 Å². The van der Waals surface area contributed by atoms with Crippen LogP contribution in [-0.2, 0) is 0 Å². The van der Waals surface area contributed by atoms with Crippen molar-refractivity contribution in [3.8, 4) is 5.75 Å². The van der Waals surface area contributed by atoms with E-state index in [1.54, 1.807) is 12.1 Å². The van der Waals surface area contributed by atoms with E-state index in [9.17, 15) is 4.39 Å². The Hall–Kier alpha value is -0.280.